The van der Waals surface area contributed by atoms with Crippen LogP contribution in [0.2, 0.25) is 0 Å². The molecule has 21 heavy (non-hydrogen) atoms. The summed E-state index contributed by atoms with van der Waals surface area (Å²) in [6, 6.07) is 11.4. The minimum atomic E-state index is 0.732. The van der Waals surface area contributed by atoms with Crippen molar-refractivity contribution in [2.24, 2.45) is 5.92 Å². The Balaban J connectivity index is 1.65. The summed E-state index contributed by atoms with van der Waals surface area (Å²) in [6.45, 7) is 5.68. The van der Waals surface area contributed by atoms with Gasteiger partial charge in [-0.3, -0.25) is 0 Å². The first-order chi connectivity index (χ1) is 10.3. The van der Waals surface area contributed by atoms with Gasteiger partial charge in [0.1, 0.15) is 5.82 Å². The van der Waals surface area contributed by atoms with Gasteiger partial charge in [0, 0.05) is 24.5 Å². The molecule has 110 valence electrons. The fraction of sp³-hybridized carbons (Fsp3) is 0.500. The number of piperidine rings is 2. The van der Waals surface area contributed by atoms with Crippen molar-refractivity contribution in [2.45, 2.75) is 32.2 Å². The summed E-state index contributed by atoms with van der Waals surface area (Å²) >= 11 is 0. The normalized spacial score (nSPS) is 25.9. The standard InChI is InChI=1S/C18H23N3/c1-13-11-14-5-2-3-7-17(14)20-18(13)21-10-8-16-15(12-21)6-4-9-19-16/h2-3,5,7,11,15-16,19H,4,6,8-10,12H2,1H3. The number of rotatable bonds is 1. The van der Waals surface area contributed by atoms with Crippen LogP contribution in [0.3, 0.4) is 0 Å². The molecule has 0 saturated carbocycles. The van der Waals surface area contributed by atoms with Crippen LogP contribution in [-0.4, -0.2) is 30.7 Å². The van der Waals surface area contributed by atoms with Crippen LogP contribution in [-0.2, 0) is 0 Å². The minimum Gasteiger partial charge on any atom is -0.356 e. The Labute approximate surface area is 126 Å². The second-order valence-corrected chi connectivity index (χ2v) is 6.52. The average molecular weight is 281 g/mol. The van der Waals surface area contributed by atoms with Crippen molar-refractivity contribution in [2.75, 3.05) is 24.5 Å². The van der Waals surface area contributed by atoms with Gasteiger partial charge in [-0.05, 0) is 56.3 Å². The Morgan fingerprint density at radius 1 is 1.24 bits per heavy atom. The maximum Gasteiger partial charge on any atom is 0.132 e. The van der Waals surface area contributed by atoms with Gasteiger partial charge in [-0.25, -0.2) is 4.98 Å². The molecule has 2 fully saturated rings. The summed E-state index contributed by atoms with van der Waals surface area (Å²) in [7, 11) is 0. The molecule has 0 amide bonds. The van der Waals surface area contributed by atoms with E-state index < -0.39 is 0 Å². The highest BCUT2D eigenvalue weighted by Crippen LogP contribution is 2.30. The van der Waals surface area contributed by atoms with Crippen LogP contribution in [0.15, 0.2) is 30.3 Å². The number of hydrogen-bond acceptors (Lipinski definition) is 3. The van der Waals surface area contributed by atoms with E-state index in [9.17, 15) is 0 Å². The van der Waals surface area contributed by atoms with E-state index in [1.54, 1.807) is 0 Å². The molecule has 2 saturated heterocycles. The highest BCUT2D eigenvalue weighted by Gasteiger charge is 2.31. The van der Waals surface area contributed by atoms with Crippen molar-refractivity contribution in [1.82, 2.24) is 10.3 Å². The SMILES string of the molecule is Cc1cc2ccccc2nc1N1CCC2NCCCC2C1. The van der Waals surface area contributed by atoms with E-state index in [1.807, 2.05) is 0 Å². The summed E-state index contributed by atoms with van der Waals surface area (Å²) in [4.78, 5) is 7.45. The van der Waals surface area contributed by atoms with Crippen LogP contribution in [0, 0.1) is 12.8 Å². The zero-order valence-electron chi connectivity index (χ0n) is 12.7. The first kappa shape index (κ1) is 13.1. The van der Waals surface area contributed by atoms with E-state index in [1.165, 1.54) is 42.6 Å². The van der Waals surface area contributed by atoms with E-state index in [0.717, 1.165) is 30.6 Å². The summed E-state index contributed by atoms with van der Waals surface area (Å²) < 4.78 is 0. The predicted molar refractivity (Wildman–Crippen MR) is 87.8 cm³/mol. The van der Waals surface area contributed by atoms with Crippen LogP contribution >= 0.6 is 0 Å². The molecule has 0 bridgehead atoms. The number of pyridine rings is 1. The Kier molecular flexibility index (Phi) is 3.30. The lowest BCUT2D eigenvalue weighted by Crippen LogP contribution is -2.52. The first-order valence-electron chi connectivity index (χ1n) is 8.16. The number of aromatic nitrogens is 1. The Morgan fingerprint density at radius 3 is 3.10 bits per heavy atom. The van der Waals surface area contributed by atoms with Crippen LogP contribution in [0.4, 0.5) is 5.82 Å². The Hall–Kier alpha value is -1.61. The summed E-state index contributed by atoms with van der Waals surface area (Å²) in [5.74, 6) is 1.98. The maximum atomic E-state index is 4.94. The van der Waals surface area contributed by atoms with Crippen molar-refractivity contribution >= 4 is 16.7 Å². The molecule has 1 aromatic heterocycles. The fourth-order valence-corrected chi connectivity index (χ4v) is 3.97. The number of nitrogens with zero attached hydrogens (tertiary/aromatic N) is 2. The van der Waals surface area contributed by atoms with Gasteiger partial charge in [-0.15, -0.1) is 0 Å². The highest BCUT2D eigenvalue weighted by atomic mass is 15.2. The maximum absolute atomic E-state index is 4.94. The Bertz CT molecular complexity index is 652. The lowest BCUT2D eigenvalue weighted by Gasteiger charge is -2.42. The molecule has 2 atom stereocenters. The number of hydrogen-bond donors (Lipinski definition) is 1. The van der Waals surface area contributed by atoms with Gasteiger partial charge in [-0.2, -0.15) is 0 Å². The van der Waals surface area contributed by atoms with Crippen molar-refractivity contribution < 1.29 is 0 Å². The molecule has 2 unspecified atom stereocenters. The second kappa shape index (κ2) is 5.30. The number of benzene rings is 1. The molecular weight excluding hydrogens is 258 g/mol. The van der Waals surface area contributed by atoms with E-state index in [4.69, 9.17) is 4.98 Å². The molecule has 2 aromatic rings. The van der Waals surface area contributed by atoms with Gasteiger partial charge in [-0.1, -0.05) is 18.2 Å². The van der Waals surface area contributed by atoms with Crippen LogP contribution in [0.25, 0.3) is 10.9 Å². The van der Waals surface area contributed by atoms with Gasteiger partial charge < -0.3 is 10.2 Å². The molecule has 4 rings (SSSR count). The van der Waals surface area contributed by atoms with E-state index >= 15 is 0 Å². The topological polar surface area (TPSA) is 28.2 Å². The number of aryl methyl sites for hydroxylation is 1. The minimum absolute atomic E-state index is 0.732. The molecule has 0 aliphatic carbocycles. The zero-order chi connectivity index (χ0) is 14.2. The van der Waals surface area contributed by atoms with Crippen molar-refractivity contribution in [3.05, 3.63) is 35.9 Å². The van der Waals surface area contributed by atoms with Crippen LogP contribution in [0.5, 0.6) is 0 Å². The van der Waals surface area contributed by atoms with E-state index in [-0.39, 0.29) is 0 Å². The third-order valence-corrected chi connectivity index (χ3v) is 5.08. The molecule has 3 heteroatoms. The second-order valence-electron chi connectivity index (χ2n) is 6.52. The lowest BCUT2D eigenvalue weighted by molar-refractivity contribution is 0.244. The molecule has 2 aliphatic rings. The summed E-state index contributed by atoms with van der Waals surface area (Å²) in [5.41, 5.74) is 2.41. The largest absolute Gasteiger partial charge is 0.356 e. The third kappa shape index (κ3) is 2.40. The van der Waals surface area contributed by atoms with Crippen molar-refractivity contribution in [1.29, 1.82) is 0 Å². The van der Waals surface area contributed by atoms with Crippen LogP contribution in [0.1, 0.15) is 24.8 Å². The quantitative estimate of drug-likeness (QED) is 0.870. The molecule has 3 nitrogen and oxygen atoms in total. The van der Waals surface area contributed by atoms with Gasteiger partial charge >= 0.3 is 0 Å². The molecule has 2 aliphatic heterocycles. The van der Waals surface area contributed by atoms with E-state index in [0.29, 0.717) is 0 Å². The molecule has 3 heterocycles. The third-order valence-electron chi connectivity index (χ3n) is 5.08. The molecule has 0 spiro atoms. The summed E-state index contributed by atoms with van der Waals surface area (Å²) in [6.07, 6.45) is 3.93. The number of anilines is 1. The number of nitrogens with one attached hydrogen (secondary N) is 1. The van der Waals surface area contributed by atoms with Gasteiger partial charge in [0.15, 0.2) is 0 Å². The lowest BCUT2D eigenvalue weighted by atomic mass is 9.85. The monoisotopic (exact) mass is 281 g/mol. The van der Waals surface area contributed by atoms with Crippen molar-refractivity contribution in [3.8, 4) is 0 Å². The Morgan fingerprint density at radius 2 is 2.14 bits per heavy atom. The molecular formula is C18H23N3. The van der Waals surface area contributed by atoms with Gasteiger partial charge in [0.2, 0.25) is 0 Å². The highest BCUT2D eigenvalue weighted by molar-refractivity contribution is 5.81. The molecule has 0 radical (unpaired) electrons. The zero-order valence-corrected chi connectivity index (χ0v) is 12.7. The summed E-state index contributed by atoms with van der Waals surface area (Å²) in [5, 5.41) is 4.93. The smallest absolute Gasteiger partial charge is 0.132 e. The van der Waals surface area contributed by atoms with Gasteiger partial charge in [0.05, 0.1) is 5.52 Å². The van der Waals surface area contributed by atoms with Gasteiger partial charge in [0.25, 0.3) is 0 Å². The molecule has 1 N–H and O–H groups in total. The predicted octanol–water partition coefficient (Wildman–Crippen LogP) is 3.12. The first-order valence-corrected chi connectivity index (χ1v) is 8.16. The van der Waals surface area contributed by atoms with Crippen LogP contribution < -0.4 is 10.2 Å². The molecule has 1 aromatic carbocycles. The number of fused-ring (bicyclic) bond motifs is 2. The fourth-order valence-electron chi connectivity index (χ4n) is 3.97. The van der Waals surface area contributed by atoms with E-state index in [2.05, 4.69) is 47.5 Å². The average Bonchev–Trinajstić information content (AvgIpc) is 2.54. The number of para-hydroxylation sites is 1. The van der Waals surface area contributed by atoms with Crippen molar-refractivity contribution in [3.63, 3.8) is 0 Å².